The van der Waals surface area contributed by atoms with E-state index in [4.69, 9.17) is 17.3 Å². The zero-order valence-electron chi connectivity index (χ0n) is 10.9. The number of hydrogen-bond donors (Lipinski definition) is 1. The molecule has 98 valence electrons. The third-order valence-electron chi connectivity index (χ3n) is 3.70. The molecular weight excluding hydrogens is 258 g/mol. The van der Waals surface area contributed by atoms with E-state index >= 15 is 0 Å². The number of aromatic nitrogens is 2. The summed E-state index contributed by atoms with van der Waals surface area (Å²) in [6.45, 7) is 2.20. The van der Waals surface area contributed by atoms with E-state index in [1.165, 1.54) is 18.4 Å². The summed E-state index contributed by atoms with van der Waals surface area (Å²) in [5.41, 5.74) is 10.2. The van der Waals surface area contributed by atoms with Gasteiger partial charge in [0.25, 0.3) is 0 Å². The van der Waals surface area contributed by atoms with Crippen molar-refractivity contribution in [3.05, 3.63) is 40.5 Å². The molecule has 3 nitrogen and oxygen atoms in total. The predicted octanol–water partition coefficient (Wildman–Crippen LogP) is 3.82. The first-order chi connectivity index (χ1) is 9.15. The Kier molecular flexibility index (Phi) is 3.15. The molecule has 0 saturated heterocycles. The Hall–Kier alpha value is -1.61. The number of benzene rings is 1. The maximum atomic E-state index is 5.94. The van der Waals surface area contributed by atoms with Crippen LogP contribution in [0, 0.1) is 0 Å². The Morgan fingerprint density at radius 1 is 1.21 bits per heavy atom. The van der Waals surface area contributed by atoms with Crippen molar-refractivity contribution in [3.8, 4) is 11.3 Å². The van der Waals surface area contributed by atoms with Gasteiger partial charge in [-0.2, -0.15) is 0 Å². The summed E-state index contributed by atoms with van der Waals surface area (Å²) in [6, 6.07) is 7.75. The van der Waals surface area contributed by atoms with E-state index in [0.717, 1.165) is 28.4 Å². The standard InChI is InChI=1S/C15H16ClN3/c1-9-3-2-4-12-13(9)18-15(17)19-14(12)10-5-7-11(16)8-6-10/h5-9H,2-4H2,1H3,(H2,17,18,19). The van der Waals surface area contributed by atoms with Crippen LogP contribution < -0.4 is 5.73 Å². The molecule has 1 aromatic heterocycles. The third-order valence-corrected chi connectivity index (χ3v) is 3.96. The minimum Gasteiger partial charge on any atom is -0.368 e. The fourth-order valence-electron chi connectivity index (χ4n) is 2.74. The molecule has 1 aromatic carbocycles. The van der Waals surface area contributed by atoms with Gasteiger partial charge in [-0.15, -0.1) is 0 Å². The fourth-order valence-corrected chi connectivity index (χ4v) is 2.87. The first-order valence-electron chi connectivity index (χ1n) is 6.57. The number of nitrogen functional groups attached to an aromatic ring is 1. The quantitative estimate of drug-likeness (QED) is 0.859. The van der Waals surface area contributed by atoms with E-state index in [0.29, 0.717) is 11.9 Å². The Bertz CT molecular complexity index is 608. The van der Waals surface area contributed by atoms with Gasteiger partial charge in [0.2, 0.25) is 5.95 Å². The second kappa shape index (κ2) is 4.82. The lowest BCUT2D eigenvalue weighted by molar-refractivity contribution is 0.572. The molecular formula is C15H16ClN3. The Labute approximate surface area is 117 Å². The van der Waals surface area contributed by atoms with E-state index in [-0.39, 0.29) is 0 Å². The summed E-state index contributed by atoms with van der Waals surface area (Å²) in [5, 5.41) is 0.730. The van der Waals surface area contributed by atoms with Crippen molar-refractivity contribution in [2.75, 3.05) is 5.73 Å². The molecule has 2 N–H and O–H groups in total. The van der Waals surface area contributed by atoms with Crippen molar-refractivity contribution in [1.82, 2.24) is 9.97 Å². The van der Waals surface area contributed by atoms with Crippen LogP contribution in [0.4, 0.5) is 5.95 Å². The highest BCUT2D eigenvalue weighted by Crippen LogP contribution is 2.35. The molecule has 0 aliphatic heterocycles. The minimum atomic E-state index is 0.359. The average molecular weight is 274 g/mol. The monoisotopic (exact) mass is 273 g/mol. The van der Waals surface area contributed by atoms with E-state index in [1.807, 2.05) is 24.3 Å². The lowest BCUT2D eigenvalue weighted by Gasteiger charge is -2.23. The van der Waals surface area contributed by atoms with Crippen LogP contribution in [0.15, 0.2) is 24.3 Å². The van der Waals surface area contributed by atoms with Gasteiger partial charge in [0, 0.05) is 16.1 Å². The van der Waals surface area contributed by atoms with Crippen molar-refractivity contribution in [2.24, 2.45) is 0 Å². The molecule has 0 bridgehead atoms. The highest BCUT2D eigenvalue weighted by Gasteiger charge is 2.23. The molecule has 1 unspecified atom stereocenters. The first kappa shape index (κ1) is 12.4. The van der Waals surface area contributed by atoms with Gasteiger partial charge in [-0.1, -0.05) is 30.7 Å². The van der Waals surface area contributed by atoms with Crippen molar-refractivity contribution in [1.29, 1.82) is 0 Å². The molecule has 19 heavy (non-hydrogen) atoms. The zero-order chi connectivity index (χ0) is 13.4. The lowest BCUT2D eigenvalue weighted by Crippen LogP contribution is -2.14. The number of rotatable bonds is 1. The maximum absolute atomic E-state index is 5.94. The van der Waals surface area contributed by atoms with Crippen molar-refractivity contribution >= 4 is 17.5 Å². The third kappa shape index (κ3) is 2.30. The van der Waals surface area contributed by atoms with Crippen molar-refractivity contribution in [2.45, 2.75) is 32.1 Å². The van der Waals surface area contributed by atoms with Gasteiger partial charge >= 0.3 is 0 Å². The second-order valence-electron chi connectivity index (χ2n) is 5.09. The van der Waals surface area contributed by atoms with Crippen LogP contribution in [0.1, 0.15) is 36.9 Å². The molecule has 1 atom stereocenters. The van der Waals surface area contributed by atoms with Crippen molar-refractivity contribution in [3.63, 3.8) is 0 Å². The number of nitrogens with two attached hydrogens (primary N) is 1. The molecule has 1 aliphatic carbocycles. The highest BCUT2D eigenvalue weighted by atomic mass is 35.5. The molecule has 0 fully saturated rings. The molecule has 0 spiro atoms. The number of anilines is 1. The Balaban J connectivity index is 2.18. The topological polar surface area (TPSA) is 51.8 Å². The molecule has 0 radical (unpaired) electrons. The number of nitrogens with zero attached hydrogens (tertiary/aromatic N) is 2. The number of halogens is 1. The summed E-state index contributed by atoms with van der Waals surface area (Å²) in [4.78, 5) is 8.88. The highest BCUT2D eigenvalue weighted by molar-refractivity contribution is 6.30. The summed E-state index contributed by atoms with van der Waals surface area (Å²) in [5.74, 6) is 0.817. The van der Waals surface area contributed by atoms with Gasteiger partial charge in [0.1, 0.15) is 0 Å². The molecule has 0 amide bonds. The van der Waals surface area contributed by atoms with E-state index in [9.17, 15) is 0 Å². The largest absolute Gasteiger partial charge is 0.368 e. The zero-order valence-corrected chi connectivity index (χ0v) is 11.6. The second-order valence-corrected chi connectivity index (χ2v) is 5.53. The van der Waals surface area contributed by atoms with Crippen LogP contribution in [0.3, 0.4) is 0 Å². The van der Waals surface area contributed by atoms with E-state index in [2.05, 4.69) is 16.9 Å². The number of hydrogen-bond acceptors (Lipinski definition) is 3. The SMILES string of the molecule is CC1CCCc2c(-c3ccc(Cl)cc3)nc(N)nc21. The molecule has 4 heteroatoms. The van der Waals surface area contributed by atoms with Crippen LogP contribution in [-0.2, 0) is 6.42 Å². The molecule has 2 aromatic rings. The van der Waals surface area contributed by atoms with Gasteiger partial charge in [0.05, 0.1) is 11.4 Å². The van der Waals surface area contributed by atoms with Crippen molar-refractivity contribution < 1.29 is 0 Å². The molecule has 1 heterocycles. The fraction of sp³-hybridized carbons (Fsp3) is 0.333. The Morgan fingerprint density at radius 3 is 2.68 bits per heavy atom. The first-order valence-corrected chi connectivity index (χ1v) is 6.95. The summed E-state index contributed by atoms with van der Waals surface area (Å²) in [6.07, 6.45) is 3.38. The molecule has 1 aliphatic rings. The maximum Gasteiger partial charge on any atom is 0.220 e. The predicted molar refractivity (Wildman–Crippen MR) is 78.2 cm³/mol. The summed E-state index contributed by atoms with van der Waals surface area (Å²) >= 11 is 5.94. The van der Waals surface area contributed by atoms with Gasteiger partial charge in [-0.25, -0.2) is 9.97 Å². The Morgan fingerprint density at radius 2 is 1.95 bits per heavy atom. The summed E-state index contributed by atoms with van der Waals surface area (Å²) in [7, 11) is 0. The van der Waals surface area contributed by atoms with Gasteiger partial charge in [-0.05, 0) is 37.3 Å². The molecule has 3 rings (SSSR count). The minimum absolute atomic E-state index is 0.359. The average Bonchev–Trinajstić information content (AvgIpc) is 2.40. The van der Waals surface area contributed by atoms with Crippen LogP contribution >= 0.6 is 11.6 Å². The van der Waals surface area contributed by atoms with Crippen LogP contribution in [0.25, 0.3) is 11.3 Å². The summed E-state index contributed by atoms with van der Waals surface area (Å²) < 4.78 is 0. The normalized spacial score (nSPS) is 18.1. The molecule has 0 saturated carbocycles. The van der Waals surface area contributed by atoms with Gasteiger partial charge in [0.15, 0.2) is 0 Å². The van der Waals surface area contributed by atoms with E-state index in [1.54, 1.807) is 0 Å². The van der Waals surface area contributed by atoms with Gasteiger partial charge in [-0.3, -0.25) is 0 Å². The lowest BCUT2D eigenvalue weighted by atomic mass is 9.86. The smallest absolute Gasteiger partial charge is 0.220 e. The van der Waals surface area contributed by atoms with Crippen LogP contribution in [0.5, 0.6) is 0 Å². The number of fused-ring (bicyclic) bond motifs is 1. The van der Waals surface area contributed by atoms with Crippen LogP contribution in [-0.4, -0.2) is 9.97 Å². The van der Waals surface area contributed by atoms with E-state index < -0.39 is 0 Å². The van der Waals surface area contributed by atoms with Gasteiger partial charge < -0.3 is 5.73 Å². The van der Waals surface area contributed by atoms with Crippen LogP contribution in [0.2, 0.25) is 5.02 Å².